The molecule has 1 N–H and O–H groups in total. The molecule has 11 heteroatoms. The third-order valence-corrected chi connectivity index (χ3v) is 8.64. The number of ether oxygens (including phenoxy) is 2. The second-order valence-corrected chi connectivity index (χ2v) is 13.1. The van der Waals surface area contributed by atoms with Crippen LogP contribution in [0.3, 0.4) is 0 Å². The topological polar surface area (TPSA) is 47.6 Å². The van der Waals surface area contributed by atoms with E-state index in [-0.39, 0.29) is 29.4 Å². The van der Waals surface area contributed by atoms with Crippen molar-refractivity contribution in [1.82, 2.24) is 5.32 Å². The molecule has 2 aliphatic carbocycles. The van der Waals surface area contributed by atoms with Crippen molar-refractivity contribution in [3.8, 4) is 0 Å². The molecule has 2 fully saturated rings. The van der Waals surface area contributed by atoms with E-state index in [4.69, 9.17) is 9.47 Å². The Morgan fingerprint density at radius 2 is 1.48 bits per heavy atom. The minimum atomic E-state index is -4.97. The van der Waals surface area contributed by atoms with Crippen molar-refractivity contribution in [2.75, 3.05) is 6.54 Å². The highest BCUT2D eigenvalue weighted by Crippen LogP contribution is 2.45. The Morgan fingerprint density at radius 1 is 0.909 bits per heavy atom. The van der Waals surface area contributed by atoms with Crippen LogP contribution in [0.2, 0.25) is 0 Å². The number of hydrogen-bond acceptors (Lipinski definition) is 4. The van der Waals surface area contributed by atoms with Crippen LogP contribution in [0.5, 0.6) is 0 Å². The maximum atomic E-state index is 13.9. The smallest absolute Gasteiger partial charge is 0.416 e. The number of carbonyl (C=O) groups is 1. The van der Waals surface area contributed by atoms with Crippen molar-refractivity contribution in [1.29, 1.82) is 0 Å². The zero-order valence-corrected chi connectivity index (χ0v) is 25.4. The Hall–Kier alpha value is -2.66. The lowest BCUT2D eigenvalue weighted by Gasteiger charge is -2.39. The van der Waals surface area contributed by atoms with Gasteiger partial charge in [-0.1, -0.05) is 31.4 Å². The minimum absolute atomic E-state index is 0.0978. The van der Waals surface area contributed by atoms with Crippen molar-refractivity contribution in [3.63, 3.8) is 0 Å². The van der Waals surface area contributed by atoms with E-state index in [1.54, 1.807) is 12.1 Å². The van der Waals surface area contributed by atoms with E-state index < -0.39 is 52.6 Å². The molecule has 44 heavy (non-hydrogen) atoms. The van der Waals surface area contributed by atoms with Gasteiger partial charge in [-0.15, -0.1) is 0 Å². The molecule has 4 nitrogen and oxygen atoms in total. The van der Waals surface area contributed by atoms with Gasteiger partial charge in [0.1, 0.15) is 17.0 Å². The number of benzene rings is 2. The van der Waals surface area contributed by atoms with Crippen LogP contribution < -0.4 is 5.32 Å². The molecule has 3 unspecified atom stereocenters. The lowest BCUT2D eigenvalue weighted by atomic mass is 9.80. The summed E-state index contributed by atoms with van der Waals surface area (Å²) in [5, 5.41) is 3.51. The number of hydrogen-bond donors (Lipinski definition) is 1. The Balaban J connectivity index is 1.60. The summed E-state index contributed by atoms with van der Waals surface area (Å²) in [5.74, 6) is -1.21. The van der Waals surface area contributed by atoms with E-state index in [1.165, 1.54) is 19.1 Å². The zero-order chi connectivity index (χ0) is 32.5. The van der Waals surface area contributed by atoms with Gasteiger partial charge in [0.25, 0.3) is 0 Å². The SMILES string of the molecule is C[C@H](OC1CCC(CNC2(C(=O)OC(C)(C)C)CCCCC2)C1c1ccc(F)cc1)c1cc(C(F)(F)F)cc(C(F)(F)F)c1. The molecule has 0 saturated heterocycles. The van der Waals surface area contributed by atoms with Crippen LogP contribution in [0, 0.1) is 11.7 Å². The maximum Gasteiger partial charge on any atom is 0.416 e. The molecule has 2 aliphatic rings. The molecular weight excluding hydrogens is 591 g/mol. The fourth-order valence-corrected chi connectivity index (χ4v) is 6.46. The first-order chi connectivity index (χ1) is 20.4. The van der Waals surface area contributed by atoms with Gasteiger partial charge in [0.05, 0.1) is 23.3 Å². The summed E-state index contributed by atoms with van der Waals surface area (Å²) in [6.45, 7) is 7.27. The maximum absolute atomic E-state index is 13.9. The fourth-order valence-electron chi connectivity index (χ4n) is 6.46. The van der Waals surface area contributed by atoms with E-state index in [0.717, 1.165) is 24.8 Å². The lowest BCUT2D eigenvalue weighted by molar-refractivity contribution is -0.165. The molecule has 0 amide bonds. The Bertz CT molecular complexity index is 1250. The minimum Gasteiger partial charge on any atom is -0.459 e. The molecule has 2 saturated carbocycles. The highest BCUT2D eigenvalue weighted by Gasteiger charge is 2.45. The largest absolute Gasteiger partial charge is 0.459 e. The monoisotopic (exact) mass is 631 g/mol. The van der Waals surface area contributed by atoms with Crippen LogP contribution in [0.4, 0.5) is 30.7 Å². The number of carbonyl (C=O) groups excluding carboxylic acids is 1. The molecule has 0 spiro atoms. The highest BCUT2D eigenvalue weighted by atomic mass is 19.4. The van der Waals surface area contributed by atoms with E-state index in [2.05, 4.69) is 5.32 Å². The predicted octanol–water partition coefficient (Wildman–Crippen LogP) is 9.14. The third-order valence-electron chi connectivity index (χ3n) is 8.64. The summed E-state index contributed by atoms with van der Waals surface area (Å²) in [6, 6.07) is 7.34. The van der Waals surface area contributed by atoms with E-state index >= 15 is 0 Å². The summed E-state index contributed by atoms with van der Waals surface area (Å²) in [6.07, 6.45) is -6.56. The Morgan fingerprint density at radius 3 is 2.00 bits per heavy atom. The Kier molecular flexibility index (Phi) is 10.1. The number of alkyl halides is 6. The van der Waals surface area contributed by atoms with Crippen molar-refractivity contribution >= 4 is 5.97 Å². The van der Waals surface area contributed by atoms with Gasteiger partial charge < -0.3 is 14.8 Å². The molecule has 4 rings (SSSR count). The van der Waals surface area contributed by atoms with Crippen molar-refractivity contribution < 1.29 is 45.0 Å². The second-order valence-electron chi connectivity index (χ2n) is 13.1. The molecular formula is C33H40F7NO3. The average Bonchev–Trinajstić information content (AvgIpc) is 3.32. The fraction of sp³-hybridized carbons (Fsp3) is 0.606. The first-order valence-corrected chi connectivity index (χ1v) is 15.1. The molecule has 0 aliphatic heterocycles. The molecule has 0 bridgehead atoms. The van der Waals surface area contributed by atoms with Crippen LogP contribution in [0.15, 0.2) is 42.5 Å². The van der Waals surface area contributed by atoms with Crippen molar-refractivity contribution in [2.45, 2.75) is 114 Å². The van der Waals surface area contributed by atoms with Crippen LogP contribution >= 0.6 is 0 Å². The van der Waals surface area contributed by atoms with Gasteiger partial charge in [-0.25, -0.2) is 4.39 Å². The predicted molar refractivity (Wildman–Crippen MR) is 151 cm³/mol. The van der Waals surface area contributed by atoms with E-state index in [0.29, 0.717) is 44.4 Å². The van der Waals surface area contributed by atoms with Gasteiger partial charge in [0.2, 0.25) is 0 Å². The summed E-state index contributed by atoms with van der Waals surface area (Å²) in [7, 11) is 0. The molecule has 0 aromatic heterocycles. The second kappa shape index (κ2) is 13.0. The molecule has 2 aromatic rings. The molecule has 2 aromatic carbocycles. The van der Waals surface area contributed by atoms with Gasteiger partial charge in [-0.3, -0.25) is 4.79 Å². The molecule has 0 radical (unpaired) electrons. The number of nitrogens with one attached hydrogen (secondary N) is 1. The van der Waals surface area contributed by atoms with Crippen LogP contribution in [-0.2, 0) is 26.6 Å². The van der Waals surface area contributed by atoms with Crippen molar-refractivity contribution in [2.24, 2.45) is 5.92 Å². The first-order valence-electron chi connectivity index (χ1n) is 15.1. The number of halogens is 7. The van der Waals surface area contributed by atoms with Gasteiger partial charge in [0.15, 0.2) is 0 Å². The summed E-state index contributed by atoms with van der Waals surface area (Å²) < 4.78 is 107. The summed E-state index contributed by atoms with van der Waals surface area (Å²) in [5.41, 5.74) is -3.84. The standard InChI is InChI=1S/C33H40F7NO3/c1-20(23-16-24(32(35,36)37)18-25(17-23)33(38,39)40)43-27-13-10-22(28(27)21-8-11-26(34)12-9-21)19-41-31(14-6-5-7-15-31)29(42)44-30(2,3)4/h8-9,11-12,16-18,20,22,27-28,41H,5-7,10,13-15,19H2,1-4H3/t20-,22?,27?,28?/m0/s1. The lowest BCUT2D eigenvalue weighted by Crippen LogP contribution is -2.56. The quantitative estimate of drug-likeness (QED) is 0.233. The summed E-state index contributed by atoms with van der Waals surface area (Å²) in [4.78, 5) is 13.4. The van der Waals surface area contributed by atoms with Gasteiger partial charge >= 0.3 is 18.3 Å². The van der Waals surface area contributed by atoms with Crippen LogP contribution in [-0.4, -0.2) is 29.8 Å². The first kappa shape index (κ1) is 34.2. The summed E-state index contributed by atoms with van der Waals surface area (Å²) >= 11 is 0. The van der Waals surface area contributed by atoms with Gasteiger partial charge in [0, 0.05) is 5.92 Å². The molecule has 0 heterocycles. The van der Waals surface area contributed by atoms with Gasteiger partial charge in [-0.05, 0) is 107 Å². The Labute approximate surface area is 253 Å². The number of rotatable bonds is 8. The molecule has 4 atom stereocenters. The zero-order valence-electron chi connectivity index (χ0n) is 25.4. The van der Waals surface area contributed by atoms with E-state index in [1.807, 2.05) is 20.8 Å². The third kappa shape index (κ3) is 8.33. The van der Waals surface area contributed by atoms with Crippen LogP contribution in [0.25, 0.3) is 0 Å². The highest BCUT2D eigenvalue weighted by molar-refractivity contribution is 5.81. The molecule has 244 valence electrons. The normalized spacial score (nSPS) is 23.4. The average molecular weight is 632 g/mol. The van der Waals surface area contributed by atoms with E-state index in [9.17, 15) is 35.5 Å². The number of esters is 1. The van der Waals surface area contributed by atoms with Crippen molar-refractivity contribution in [3.05, 3.63) is 70.5 Å². The van der Waals surface area contributed by atoms with Gasteiger partial charge in [-0.2, -0.15) is 26.3 Å². The van der Waals surface area contributed by atoms with Crippen LogP contribution in [0.1, 0.15) is 107 Å².